The third kappa shape index (κ3) is 5.51. The van der Waals surface area contributed by atoms with E-state index in [2.05, 4.69) is 25.5 Å². The van der Waals surface area contributed by atoms with Crippen LogP contribution in [0.25, 0.3) is 0 Å². The molecular formula is C18H23N5O2. The van der Waals surface area contributed by atoms with Gasteiger partial charge in [-0.2, -0.15) is 0 Å². The van der Waals surface area contributed by atoms with Crippen molar-refractivity contribution in [1.82, 2.24) is 20.2 Å². The molecule has 1 aliphatic heterocycles. The molecule has 1 amide bonds. The van der Waals surface area contributed by atoms with E-state index in [9.17, 15) is 4.79 Å². The fourth-order valence-electron chi connectivity index (χ4n) is 2.63. The summed E-state index contributed by atoms with van der Waals surface area (Å²) in [5, 5.41) is 6.22. The van der Waals surface area contributed by atoms with Gasteiger partial charge in [0, 0.05) is 57.5 Å². The molecule has 1 aliphatic rings. The van der Waals surface area contributed by atoms with Gasteiger partial charge in [0.2, 0.25) is 0 Å². The summed E-state index contributed by atoms with van der Waals surface area (Å²) in [6, 6.07) is 5.58. The Morgan fingerprint density at radius 1 is 1.16 bits per heavy atom. The van der Waals surface area contributed by atoms with E-state index in [0.29, 0.717) is 12.1 Å². The lowest BCUT2D eigenvalue weighted by molar-refractivity contribution is 0.0398. The van der Waals surface area contributed by atoms with Gasteiger partial charge in [-0.15, -0.1) is 0 Å². The van der Waals surface area contributed by atoms with Gasteiger partial charge in [0.05, 0.1) is 24.5 Å². The summed E-state index contributed by atoms with van der Waals surface area (Å²) in [4.78, 5) is 22.8. The Balaban J connectivity index is 1.47. The Bertz CT molecular complexity index is 674. The van der Waals surface area contributed by atoms with Gasteiger partial charge in [0.1, 0.15) is 0 Å². The molecule has 7 nitrogen and oxygen atoms in total. The monoisotopic (exact) mass is 341 g/mol. The number of nitrogens with one attached hydrogen (secondary N) is 2. The molecule has 2 aromatic heterocycles. The van der Waals surface area contributed by atoms with Gasteiger partial charge in [-0.25, -0.2) is 0 Å². The smallest absolute Gasteiger partial charge is 0.253 e. The number of nitrogens with zero attached hydrogens (tertiary/aromatic N) is 3. The largest absolute Gasteiger partial charge is 0.382 e. The highest BCUT2D eigenvalue weighted by molar-refractivity contribution is 5.94. The van der Waals surface area contributed by atoms with Crippen LogP contribution in [0.1, 0.15) is 15.9 Å². The number of carbonyl (C=O) groups excluding carboxylic acids is 1. The molecule has 0 unspecified atom stereocenters. The van der Waals surface area contributed by atoms with Crippen LogP contribution in [0.15, 0.2) is 43.0 Å². The zero-order valence-electron chi connectivity index (χ0n) is 14.1. The van der Waals surface area contributed by atoms with Gasteiger partial charge in [-0.1, -0.05) is 0 Å². The first kappa shape index (κ1) is 17.3. The number of anilines is 1. The molecule has 3 heterocycles. The average molecular weight is 341 g/mol. The number of hydrogen-bond acceptors (Lipinski definition) is 6. The van der Waals surface area contributed by atoms with Crippen molar-refractivity contribution in [3.63, 3.8) is 0 Å². The lowest BCUT2D eigenvalue weighted by atomic mass is 10.2. The molecule has 2 N–H and O–H groups in total. The number of ether oxygens (including phenoxy) is 1. The maximum atomic E-state index is 12.3. The van der Waals surface area contributed by atoms with Crippen LogP contribution in [0, 0.1) is 0 Å². The van der Waals surface area contributed by atoms with E-state index in [1.54, 1.807) is 24.8 Å². The number of carbonyl (C=O) groups is 1. The maximum absolute atomic E-state index is 12.3. The number of amides is 1. The molecule has 0 atom stereocenters. The summed E-state index contributed by atoms with van der Waals surface area (Å²) in [6.45, 7) is 5.76. The molecule has 3 rings (SSSR count). The Kier molecular flexibility index (Phi) is 6.30. The van der Waals surface area contributed by atoms with Crippen molar-refractivity contribution in [3.05, 3.63) is 54.1 Å². The SMILES string of the molecule is O=C(NCc1ccncc1)c1cncc(NCCN2CCOCC2)c1. The zero-order chi connectivity index (χ0) is 17.3. The predicted octanol–water partition coefficient (Wildman–Crippen LogP) is 1.15. The first-order chi connectivity index (χ1) is 12.3. The van der Waals surface area contributed by atoms with Crippen LogP contribution in [0.5, 0.6) is 0 Å². The summed E-state index contributed by atoms with van der Waals surface area (Å²) < 4.78 is 5.34. The Labute approximate surface area is 147 Å². The van der Waals surface area contributed by atoms with Crippen molar-refractivity contribution in [2.24, 2.45) is 0 Å². The average Bonchev–Trinajstić information content (AvgIpc) is 2.68. The van der Waals surface area contributed by atoms with E-state index in [1.165, 1.54) is 0 Å². The Morgan fingerprint density at radius 3 is 2.76 bits per heavy atom. The lowest BCUT2D eigenvalue weighted by Gasteiger charge is -2.26. The van der Waals surface area contributed by atoms with Crippen LogP contribution in [0.3, 0.4) is 0 Å². The topological polar surface area (TPSA) is 79.4 Å². The van der Waals surface area contributed by atoms with E-state index in [0.717, 1.165) is 50.6 Å². The van der Waals surface area contributed by atoms with Gasteiger partial charge >= 0.3 is 0 Å². The van der Waals surface area contributed by atoms with E-state index in [1.807, 2.05) is 18.2 Å². The van der Waals surface area contributed by atoms with Gasteiger partial charge in [0.25, 0.3) is 5.91 Å². The van der Waals surface area contributed by atoms with Crippen LogP contribution in [0.2, 0.25) is 0 Å². The Morgan fingerprint density at radius 2 is 1.96 bits per heavy atom. The number of morpholine rings is 1. The van der Waals surface area contributed by atoms with Crippen LogP contribution in [0.4, 0.5) is 5.69 Å². The molecule has 25 heavy (non-hydrogen) atoms. The quantitative estimate of drug-likeness (QED) is 0.786. The highest BCUT2D eigenvalue weighted by Crippen LogP contribution is 2.09. The molecule has 0 aromatic carbocycles. The van der Waals surface area contributed by atoms with E-state index in [4.69, 9.17) is 4.74 Å². The van der Waals surface area contributed by atoms with Crippen molar-refractivity contribution >= 4 is 11.6 Å². The fourth-order valence-corrected chi connectivity index (χ4v) is 2.63. The summed E-state index contributed by atoms with van der Waals surface area (Å²) in [5.41, 5.74) is 2.41. The van der Waals surface area contributed by atoms with Crippen molar-refractivity contribution in [3.8, 4) is 0 Å². The predicted molar refractivity (Wildman–Crippen MR) is 95.4 cm³/mol. The summed E-state index contributed by atoms with van der Waals surface area (Å²) in [5.74, 6) is -0.138. The van der Waals surface area contributed by atoms with Gasteiger partial charge in [-0.05, 0) is 23.8 Å². The van der Waals surface area contributed by atoms with Crippen molar-refractivity contribution in [2.45, 2.75) is 6.54 Å². The van der Waals surface area contributed by atoms with E-state index < -0.39 is 0 Å². The standard InChI is InChI=1S/C18H23N5O2/c24-18(22-12-15-1-3-19-4-2-15)16-11-17(14-20-13-16)21-5-6-23-7-9-25-10-8-23/h1-4,11,13-14,21H,5-10,12H2,(H,22,24). The van der Waals surface area contributed by atoms with Crippen LogP contribution in [-0.4, -0.2) is 60.2 Å². The molecule has 1 saturated heterocycles. The minimum Gasteiger partial charge on any atom is -0.382 e. The minimum atomic E-state index is -0.138. The molecule has 0 saturated carbocycles. The van der Waals surface area contributed by atoms with Crippen LogP contribution in [-0.2, 0) is 11.3 Å². The highest BCUT2D eigenvalue weighted by atomic mass is 16.5. The van der Waals surface area contributed by atoms with E-state index in [-0.39, 0.29) is 5.91 Å². The van der Waals surface area contributed by atoms with Crippen LogP contribution >= 0.6 is 0 Å². The third-order valence-electron chi connectivity index (χ3n) is 4.06. The molecule has 0 spiro atoms. The number of hydrogen-bond donors (Lipinski definition) is 2. The van der Waals surface area contributed by atoms with Crippen LogP contribution < -0.4 is 10.6 Å². The molecule has 132 valence electrons. The van der Waals surface area contributed by atoms with E-state index >= 15 is 0 Å². The van der Waals surface area contributed by atoms with Crippen molar-refractivity contribution < 1.29 is 9.53 Å². The highest BCUT2D eigenvalue weighted by Gasteiger charge is 2.10. The summed E-state index contributed by atoms with van der Waals surface area (Å²) in [7, 11) is 0. The lowest BCUT2D eigenvalue weighted by Crippen LogP contribution is -2.39. The fraction of sp³-hybridized carbons (Fsp3) is 0.389. The first-order valence-electron chi connectivity index (χ1n) is 8.47. The normalized spacial score (nSPS) is 14.9. The minimum absolute atomic E-state index is 0.138. The molecule has 1 fully saturated rings. The second-order valence-corrected chi connectivity index (χ2v) is 5.88. The molecule has 0 bridgehead atoms. The second-order valence-electron chi connectivity index (χ2n) is 5.88. The van der Waals surface area contributed by atoms with Crippen molar-refractivity contribution in [1.29, 1.82) is 0 Å². The maximum Gasteiger partial charge on any atom is 0.253 e. The van der Waals surface area contributed by atoms with Gasteiger partial charge in [-0.3, -0.25) is 19.7 Å². The molecule has 7 heteroatoms. The molecule has 2 aromatic rings. The zero-order valence-corrected chi connectivity index (χ0v) is 14.1. The molecule has 0 aliphatic carbocycles. The molecule has 0 radical (unpaired) electrons. The van der Waals surface area contributed by atoms with Crippen molar-refractivity contribution in [2.75, 3.05) is 44.7 Å². The third-order valence-corrected chi connectivity index (χ3v) is 4.06. The molecular weight excluding hydrogens is 318 g/mol. The van der Waals surface area contributed by atoms with Gasteiger partial charge < -0.3 is 15.4 Å². The number of aromatic nitrogens is 2. The number of rotatable bonds is 7. The van der Waals surface area contributed by atoms with Gasteiger partial charge in [0.15, 0.2) is 0 Å². The number of pyridine rings is 2. The summed E-state index contributed by atoms with van der Waals surface area (Å²) in [6.07, 6.45) is 6.73. The first-order valence-corrected chi connectivity index (χ1v) is 8.47. The second kappa shape index (κ2) is 9.10. The summed E-state index contributed by atoms with van der Waals surface area (Å²) >= 11 is 0. The Hall–Kier alpha value is -2.51.